The second kappa shape index (κ2) is 4.31. The van der Waals surface area contributed by atoms with Crippen LogP contribution in [0.4, 0.5) is 0 Å². The third-order valence-corrected chi connectivity index (χ3v) is 3.52. The number of carboxylic acid groups (broad SMARTS) is 1. The fourth-order valence-corrected chi connectivity index (χ4v) is 2.68. The molecule has 0 amide bonds. The Bertz CT molecular complexity index is 514. The zero-order chi connectivity index (χ0) is 12.6. The van der Waals surface area contributed by atoms with Gasteiger partial charge in [0.2, 0.25) is 0 Å². The number of ketones is 2. The number of carbonyl (C=O) groups excluding carboxylic acids is 2. The summed E-state index contributed by atoms with van der Waals surface area (Å²) in [5, 5.41) is 8.68. The zero-order valence-electron chi connectivity index (χ0n) is 8.91. The van der Waals surface area contributed by atoms with Crippen molar-refractivity contribution in [2.24, 2.45) is 0 Å². The molecule has 1 aliphatic heterocycles. The molecule has 0 spiro atoms. The van der Waals surface area contributed by atoms with Gasteiger partial charge in [0.25, 0.3) is 5.78 Å². The molecule has 1 atom stereocenters. The Morgan fingerprint density at radius 2 is 2.00 bits per heavy atom. The van der Waals surface area contributed by atoms with E-state index in [1.807, 2.05) is 0 Å². The number of carboxylic acids is 1. The highest BCUT2D eigenvalue weighted by Crippen LogP contribution is 2.33. The first kappa shape index (κ1) is 11.8. The summed E-state index contributed by atoms with van der Waals surface area (Å²) in [6, 6.07) is 5.58. The summed E-state index contributed by atoms with van der Waals surface area (Å²) in [7, 11) is 1.53. The number of benzene rings is 1. The van der Waals surface area contributed by atoms with Crippen molar-refractivity contribution in [1.82, 2.24) is 4.31 Å². The first-order valence-corrected chi connectivity index (χ1v) is 5.61. The molecule has 1 aliphatic rings. The molecular weight excluding hydrogens is 242 g/mol. The van der Waals surface area contributed by atoms with Crippen LogP contribution < -0.4 is 0 Å². The Morgan fingerprint density at radius 3 is 2.65 bits per heavy atom. The number of aliphatic carboxylic acids is 1. The number of nitrogens with zero attached hydrogens (tertiary/aromatic N) is 1. The third-order valence-electron chi connectivity index (χ3n) is 2.47. The Balaban J connectivity index is 2.43. The fraction of sp³-hybridized carbons (Fsp3) is 0.182. The lowest BCUT2D eigenvalue weighted by Gasteiger charge is -2.29. The molecule has 0 saturated heterocycles. The van der Waals surface area contributed by atoms with Crippen LogP contribution >= 0.6 is 11.9 Å². The molecule has 0 aliphatic carbocycles. The number of hydrogen-bond acceptors (Lipinski definition) is 5. The average Bonchev–Trinajstić information content (AvgIpc) is 2.28. The quantitative estimate of drug-likeness (QED) is 0.477. The topological polar surface area (TPSA) is 74.7 Å². The molecule has 1 heterocycles. The van der Waals surface area contributed by atoms with Crippen LogP contribution in [0.1, 0.15) is 10.4 Å². The molecule has 0 saturated carbocycles. The maximum Gasteiger partial charge on any atom is 0.374 e. The highest BCUT2D eigenvalue weighted by molar-refractivity contribution is 7.97. The van der Waals surface area contributed by atoms with Crippen LogP contribution in [-0.2, 0) is 9.59 Å². The monoisotopic (exact) mass is 251 g/mol. The van der Waals surface area contributed by atoms with E-state index in [0.717, 1.165) is 4.90 Å². The van der Waals surface area contributed by atoms with E-state index in [-0.39, 0.29) is 0 Å². The molecular formula is C11H9NO4S. The van der Waals surface area contributed by atoms with E-state index < -0.39 is 23.6 Å². The first-order chi connectivity index (χ1) is 8.02. The molecule has 1 N–H and O–H groups in total. The van der Waals surface area contributed by atoms with Crippen molar-refractivity contribution >= 4 is 29.5 Å². The Hall–Kier alpha value is -1.66. The van der Waals surface area contributed by atoms with E-state index in [9.17, 15) is 14.4 Å². The van der Waals surface area contributed by atoms with Crippen LogP contribution in [0.15, 0.2) is 29.2 Å². The number of likely N-dealkylation sites (N-methyl/N-ethyl adjacent to an activating group) is 1. The van der Waals surface area contributed by atoms with Gasteiger partial charge >= 0.3 is 5.97 Å². The summed E-state index contributed by atoms with van der Waals surface area (Å²) in [5.74, 6) is -3.15. The molecule has 88 valence electrons. The summed E-state index contributed by atoms with van der Waals surface area (Å²) >= 11 is 1.20. The Kier molecular flexibility index (Phi) is 2.99. The normalized spacial score (nSPS) is 19.8. The summed E-state index contributed by atoms with van der Waals surface area (Å²) in [6.07, 6.45) is 0. The van der Waals surface area contributed by atoms with Crippen molar-refractivity contribution < 1.29 is 19.5 Å². The molecule has 0 fully saturated rings. The molecule has 1 aromatic carbocycles. The molecule has 2 rings (SSSR count). The predicted octanol–water partition coefficient (Wildman–Crippen LogP) is 0.844. The van der Waals surface area contributed by atoms with Gasteiger partial charge < -0.3 is 5.11 Å². The smallest absolute Gasteiger partial charge is 0.374 e. The van der Waals surface area contributed by atoms with Crippen LogP contribution in [0.2, 0.25) is 0 Å². The minimum atomic E-state index is -1.59. The molecule has 0 aromatic heterocycles. The van der Waals surface area contributed by atoms with Gasteiger partial charge in [0.05, 0.1) is 0 Å². The number of rotatable bonds is 2. The second-order valence-corrected chi connectivity index (χ2v) is 4.77. The molecule has 6 heteroatoms. The van der Waals surface area contributed by atoms with Crippen LogP contribution in [0.3, 0.4) is 0 Å². The number of hydrogen-bond donors (Lipinski definition) is 1. The molecule has 0 bridgehead atoms. The van der Waals surface area contributed by atoms with Gasteiger partial charge in [-0.3, -0.25) is 9.59 Å². The lowest BCUT2D eigenvalue weighted by molar-refractivity contribution is -0.150. The van der Waals surface area contributed by atoms with Crippen molar-refractivity contribution in [3.63, 3.8) is 0 Å². The van der Waals surface area contributed by atoms with E-state index in [1.165, 1.54) is 23.3 Å². The standard InChI is InChI=1S/C11H9NO4S/c1-12-8(10(14)11(15)16)9(13)6-4-2-3-5-7(6)17-12/h2-5,8H,1H3,(H,15,16). The van der Waals surface area contributed by atoms with Crippen molar-refractivity contribution in [3.8, 4) is 0 Å². The first-order valence-electron chi connectivity index (χ1n) is 4.83. The van der Waals surface area contributed by atoms with Gasteiger partial charge in [0.15, 0.2) is 11.8 Å². The summed E-state index contributed by atoms with van der Waals surface area (Å²) in [5.41, 5.74) is 0.398. The highest BCUT2D eigenvalue weighted by Gasteiger charge is 2.40. The van der Waals surface area contributed by atoms with Crippen molar-refractivity contribution in [1.29, 1.82) is 0 Å². The maximum absolute atomic E-state index is 12.0. The average molecular weight is 251 g/mol. The summed E-state index contributed by atoms with van der Waals surface area (Å²) < 4.78 is 1.38. The Labute approximate surface area is 102 Å². The molecule has 1 aromatic rings. The minimum absolute atomic E-state index is 0.398. The van der Waals surface area contributed by atoms with E-state index in [2.05, 4.69) is 0 Å². The fourth-order valence-electron chi connectivity index (χ4n) is 1.67. The molecule has 0 radical (unpaired) electrons. The second-order valence-electron chi connectivity index (χ2n) is 3.57. The largest absolute Gasteiger partial charge is 0.475 e. The molecule has 17 heavy (non-hydrogen) atoms. The lowest BCUT2D eigenvalue weighted by Crippen LogP contribution is -2.46. The van der Waals surface area contributed by atoms with Gasteiger partial charge in [-0.15, -0.1) is 0 Å². The van der Waals surface area contributed by atoms with Crippen LogP contribution in [-0.4, -0.2) is 40.0 Å². The van der Waals surface area contributed by atoms with Gasteiger partial charge in [0.1, 0.15) is 0 Å². The van der Waals surface area contributed by atoms with Crippen molar-refractivity contribution in [2.45, 2.75) is 10.9 Å². The van der Waals surface area contributed by atoms with Crippen LogP contribution in [0, 0.1) is 0 Å². The van der Waals surface area contributed by atoms with Gasteiger partial charge in [-0.25, -0.2) is 9.10 Å². The SMILES string of the molecule is CN1Sc2ccccc2C(=O)C1C(=O)C(=O)O. The van der Waals surface area contributed by atoms with Gasteiger partial charge in [-0.1, -0.05) is 18.2 Å². The summed E-state index contributed by atoms with van der Waals surface area (Å²) in [6.45, 7) is 0. The van der Waals surface area contributed by atoms with Crippen molar-refractivity contribution in [2.75, 3.05) is 7.05 Å². The molecule has 5 nitrogen and oxygen atoms in total. The highest BCUT2D eigenvalue weighted by atomic mass is 32.2. The number of carbonyl (C=O) groups is 3. The van der Waals surface area contributed by atoms with E-state index >= 15 is 0 Å². The summed E-state index contributed by atoms with van der Waals surface area (Å²) in [4.78, 5) is 34.9. The third kappa shape index (κ3) is 1.96. The van der Waals surface area contributed by atoms with Crippen LogP contribution in [0.25, 0.3) is 0 Å². The van der Waals surface area contributed by atoms with Gasteiger partial charge in [-0.05, 0) is 25.1 Å². The minimum Gasteiger partial charge on any atom is -0.475 e. The number of Topliss-reactive ketones (excluding diaryl/α,β-unsaturated/α-hetero) is 2. The predicted molar refractivity (Wildman–Crippen MR) is 60.8 cm³/mol. The zero-order valence-corrected chi connectivity index (χ0v) is 9.73. The van der Waals surface area contributed by atoms with Crippen molar-refractivity contribution in [3.05, 3.63) is 29.8 Å². The van der Waals surface area contributed by atoms with Gasteiger partial charge in [-0.2, -0.15) is 0 Å². The van der Waals surface area contributed by atoms with Crippen LogP contribution in [0.5, 0.6) is 0 Å². The van der Waals surface area contributed by atoms with Gasteiger partial charge in [0, 0.05) is 10.5 Å². The maximum atomic E-state index is 12.0. The van der Waals surface area contributed by atoms with E-state index in [0.29, 0.717) is 5.56 Å². The number of fused-ring (bicyclic) bond motifs is 1. The lowest BCUT2D eigenvalue weighted by atomic mass is 10.0. The van der Waals surface area contributed by atoms with E-state index in [4.69, 9.17) is 5.11 Å². The molecule has 1 unspecified atom stereocenters. The Morgan fingerprint density at radius 1 is 1.35 bits per heavy atom. The van der Waals surface area contributed by atoms with E-state index in [1.54, 1.807) is 24.3 Å².